The van der Waals surface area contributed by atoms with Gasteiger partial charge in [0.2, 0.25) is 0 Å². The van der Waals surface area contributed by atoms with Crippen molar-refractivity contribution in [1.82, 2.24) is 0 Å². The first-order valence-electron chi connectivity index (χ1n) is 3.52. The summed E-state index contributed by atoms with van der Waals surface area (Å²) in [5, 5.41) is 8.56. The molecule has 1 N–H and O–H groups in total. The fourth-order valence-corrected chi connectivity index (χ4v) is 0.812. The third kappa shape index (κ3) is 1.99. The molecule has 0 fully saturated rings. The van der Waals surface area contributed by atoms with E-state index in [2.05, 4.69) is 0 Å². The molecule has 0 saturated carbocycles. The molecule has 0 bridgehead atoms. The second-order valence-electron chi connectivity index (χ2n) is 2.18. The average molecular weight is 165 g/mol. The van der Waals surface area contributed by atoms with Crippen molar-refractivity contribution in [3.63, 3.8) is 0 Å². The van der Waals surface area contributed by atoms with E-state index in [1.165, 1.54) is 18.7 Å². The molecular weight excluding hydrogens is 156 g/mol. The zero-order valence-corrected chi connectivity index (χ0v) is 6.65. The summed E-state index contributed by atoms with van der Waals surface area (Å²) in [7, 11) is 0. The lowest BCUT2D eigenvalue weighted by Gasteiger charge is -2.00. The Kier molecular flexibility index (Phi) is 2.69. The first-order valence-corrected chi connectivity index (χ1v) is 3.52. The van der Waals surface area contributed by atoms with Crippen molar-refractivity contribution in [2.45, 2.75) is 6.92 Å². The molecule has 0 unspecified atom stereocenters. The van der Waals surface area contributed by atoms with Gasteiger partial charge in [-0.1, -0.05) is 0 Å². The summed E-state index contributed by atoms with van der Waals surface area (Å²) in [4.78, 5) is 10.4. The number of hydrogen-bond donors (Lipinski definition) is 1. The Morgan fingerprint density at radius 1 is 1.42 bits per heavy atom. The van der Waals surface area contributed by atoms with Crippen LogP contribution in [-0.4, -0.2) is 11.1 Å². The summed E-state index contributed by atoms with van der Waals surface area (Å²) in [6.07, 6.45) is 0. The van der Waals surface area contributed by atoms with Crippen LogP contribution < -0.4 is 4.74 Å². The van der Waals surface area contributed by atoms with Gasteiger partial charge in [-0.3, -0.25) is 0 Å². The predicted molar refractivity (Wildman–Crippen MR) is 44.0 cm³/mol. The van der Waals surface area contributed by atoms with E-state index in [-0.39, 0.29) is 5.56 Å². The summed E-state index contributed by atoms with van der Waals surface area (Å²) in [5.74, 6) is -0.287. The Bertz CT molecular complexity index is 264. The molecule has 63 valence electrons. The van der Waals surface area contributed by atoms with Gasteiger partial charge in [-0.25, -0.2) is 4.79 Å². The van der Waals surface area contributed by atoms with Crippen LogP contribution in [0.15, 0.2) is 24.3 Å². The molecule has 0 saturated heterocycles. The Morgan fingerprint density at radius 3 is 2.42 bits per heavy atom. The monoisotopic (exact) mass is 165 g/mol. The van der Waals surface area contributed by atoms with E-state index in [1.807, 2.05) is 0 Å². The second-order valence-corrected chi connectivity index (χ2v) is 2.18. The van der Waals surface area contributed by atoms with Crippen molar-refractivity contribution in [1.29, 1.82) is 0 Å². The molecule has 0 aromatic heterocycles. The van der Waals surface area contributed by atoms with Crippen LogP contribution in [0.2, 0.25) is 0 Å². The van der Waals surface area contributed by atoms with E-state index in [0.717, 1.165) is 0 Å². The Hall–Kier alpha value is -1.51. The Balaban J connectivity index is 2.78. The third-order valence-corrected chi connectivity index (χ3v) is 1.36. The first kappa shape index (κ1) is 8.59. The smallest absolute Gasteiger partial charge is 0.335 e. The van der Waals surface area contributed by atoms with E-state index in [0.29, 0.717) is 5.75 Å². The number of hydrogen-bond acceptors (Lipinski definition) is 2. The molecule has 1 radical (unpaired) electrons. The molecule has 0 atom stereocenters. The highest BCUT2D eigenvalue weighted by atomic mass is 16.5. The molecular formula is C9H9O3. The first-order chi connectivity index (χ1) is 5.74. The van der Waals surface area contributed by atoms with Crippen molar-refractivity contribution < 1.29 is 14.6 Å². The molecule has 1 aromatic carbocycles. The van der Waals surface area contributed by atoms with Gasteiger partial charge in [-0.2, -0.15) is 0 Å². The van der Waals surface area contributed by atoms with Crippen molar-refractivity contribution in [2.24, 2.45) is 0 Å². The highest BCUT2D eigenvalue weighted by Crippen LogP contribution is 2.12. The molecule has 0 amide bonds. The van der Waals surface area contributed by atoms with Crippen molar-refractivity contribution in [2.75, 3.05) is 0 Å². The van der Waals surface area contributed by atoms with Crippen LogP contribution in [0.1, 0.15) is 17.3 Å². The molecule has 3 heteroatoms. The van der Waals surface area contributed by atoms with Gasteiger partial charge in [-0.15, -0.1) is 0 Å². The maximum absolute atomic E-state index is 10.4. The maximum atomic E-state index is 10.4. The van der Waals surface area contributed by atoms with Gasteiger partial charge in [0.25, 0.3) is 0 Å². The van der Waals surface area contributed by atoms with Crippen LogP contribution in [0, 0.1) is 6.61 Å². The van der Waals surface area contributed by atoms with E-state index in [4.69, 9.17) is 9.84 Å². The molecule has 0 aliphatic rings. The fourth-order valence-electron chi connectivity index (χ4n) is 0.812. The number of carbonyl (C=O) groups is 1. The topological polar surface area (TPSA) is 46.5 Å². The zero-order valence-electron chi connectivity index (χ0n) is 6.65. The normalized spacial score (nSPS) is 9.42. The highest BCUT2D eigenvalue weighted by Gasteiger charge is 2.00. The average Bonchev–Trinajstić information content (AvgIpc) is 2.06. The molecule has 0 aliphatic heterocycles. The number of ether oxygens (including phenoxy) is 1. The summed E-state index contributed by atoms with van der Waals surface area (Å²) in [5.41, 5.74) is 0.262. The third-order valence-electron chi connectivity index (χ3n) is 1.36. The number of carboxylic acid groups (broad SMARTS) is 1. The standard InChI is InChI=1S/C9H9O3/c1-2-12-8-5-3-7(4-6-8)9(10)11/h2-6H,1H3,(H,10,11). The molecule has 3 nitrogen and oxygen atoms in total. The van der Waals surface area contributed by atoms with Gasteiger partial charge in [0, 0.05) is 0 Å². The lowest BCUT2D eigenvalue weighted by atomic mass is 10.2. The summed E-state index contributed by atoms with van der Waals surface area (Å²) in [6.45, 7) is 3.29. The van der Waals surface area contributed by atoms with Gasteiger partial charge in [0.1, 0.15) is 12.4 Å². The van der Waals surface area contributed by atoms with E-state index < -0.39 is 5.97 Å². The van der Waals surface area contributed by atoms with Gasteiger partial charge >= 0.3 is 5.97 Å². The molecule has 0 spiro atoms. The molecule has 1 aromatic rings. The summed E-state index contributed by atoms with van der Waals surface area (Å²) in [6, 6.07) is 6.23. The minimum atomic E-state index is -0.929. The van der Waals surface area contributed by atoms with Crippen LogP contribution in [0.4, 0.5) is 0 Å². The van der Waals surface area contributed by atoms with Crippen LogP contribution >= 0.6 is 0 Å². The molecule has 0 heterocycles. The Morgan fingerprint density at radius 2 is 2.00 bits per heavy atom. The van der Waals surface area contributed by atoms with Crippen molar-refractivity contribution >= 4 is 5.97 Å². The molecule has 0 aliphatic carbocycles. The highest BCUT2D eigenvalue weighted by molar-refractivity contribution is 5.87. The van der Waals surface area contributed by atoms with E-state index in [9.17, 15) is 4.79 Å². The van der Waals surface area contributed by atoms with Crippen molar-refractivity contribution in [3.8, 4) is 5.75 Å². The van der Waals surface area contributed by atoms with Crippen LogP contribution in [0.3, 0.4) is 0 Å². The Labute approximate surface area is 70.6 Å². The van der Waals surface area contributed by atoms with Crippen LogP contribution in [0.25, 0.3) is 0 Å². The van der Waals surface area contributed by atoms with E-state index in [1.54, 1.807) is 19.1 Å². The minimum absolute atomic E-state index is 0.262. The minimum Gasteiger partial charge on any atom is -0.487 e. The van der Waals surface area contributed by atoms with Crippen LogP contribution in [0.5, 0.6) is 5.75 Å². The largest absolute Gasteiger partial charge is 0.487 e. The number of rotatable bonds is 3. The van der Waals surface area contributed by atoms with E-state index >= 15 is 0 Å². The molecule has 12 heavy (non-hydrogen) atoms. The van der Waals surface area contributed by atoms with Gasteiger partial charge < -0.3 is 9.84 Å². The van der Waals surface area contributed by atoms with Gasteiger partial charge in [-0.05, 0) is 31.2 Å². The summed E-state index contributed by atoms with van der Waals surface area (Å²) >= 11 is 0. The lowest BCUT2D eigenvalue weighted by molar-refractivity contribution is 0.0697. The number of carboxylic acids is 1. The lowest BCUT2D eigenvalue weighted by Crippen LogP contribution is -1.95. The van der Waals surface area contributed by atoms with Gasteiger partial charge in [0.05, 0.1) is 5.56 Å². The number of benzene rings is 1. The van der Waals surface area contributed by atoms with Crippen molar-refractivity contribution in [3.05, 3.63) is 36.4 Å². The SMILES string of the molecule is C[CH]Oc1ccc(C(=O)O)cc1. The van der Waals surface area contributed by atoms with Crippen LogP contribution in [-0.2, 0) is 0 Å². The zero-order chi connectivity index (χ0) is 8.97. The summed E-state index contributed by atoms with van der Waals surface area (Å²) < 4.78 is 5.02. The molecule has 1 rings (SSSR count). The quantitative estimate of drug-likeness (QED) is 0.744. The van der Waals surface area contributed by atoms with Gasteiger partial charge in [0.15, 0.2) is 0 Å². The second kappa shape index (κ2) is 3.76. The maximum Gasteiger partial charge on any atom is 0.335 e. The number of aromatic carboxylic acids is 1. The fraction of sp³-hybridized carbons (Fsp3) is 0.111. The predicted octanol–water partition coefficient (Wildman–Crippen LogP) is 1.95.